The fourth-order valence-electron chi connectivity index (χ4n) is 4.63. The highest BCUT2D eigenvalue weighted by Crippen LogP contribution is 2.35. The second-order valence-corrected chi connectivity index (χ2v) is 9.90. The molecule has 0 spiro atoms. The lowest BCUT2D eigenvalue weighted by Gasteiger charge is -2.20. The van der Waals surface area contributed by atoms with Gasteiger partial charge in [-0.15, -0.1) is 0 Å². The van der Waals surface area contributed by atoms with Crippen LogP contribution in [0.3, 0.4) is 0 Å². The van der Waals surface area contributed by atoms with Gasteiger partial charge in [0.15, 0.2) is 11.6 Å². The first kappa shape index (κ1) is 29.7. The topological polar surface area (TPSA) is 102 Å². The fraction of sp³-hybridized carbons (Fsp3) is 0.267. The Morgan fingerprint density at radius 3 is 2.67 bits per heavy atom. The van der Waals surface area contributed by atoms with Crippen LogP contribution in [0.5, 0.6) is 17.4 Å². The van der Waals surface area contributed by atoms with Crippen LogP contribution in [0.1, 0.15) is 28.8 Å². The van der Waals surface area contributed by atoms with E-state index in [9.17, 15) is 22.4 Å². The number of halogens is 4. The highest BCUT2D eigenvalue weighted by atomic mass is 19.4. The van der Waals surface area contributed by atoms with E-state index >= 15 is 0 Å². The zero-order chi connectivity index (χ0) is 30.6. The van der Waals surface area contributed by atoms with Gasteiger partial charge in [0.2, 0.25) is 11.8 Å². The van der Waals surface area contributed by atoms with Gasteiger partial charge >= 0.3 is 6.18 Å². The molecule has 43 heavy (non-hydrogen) atoms. The first-order valence-corrected chi connectivity index (χ1v) is 13.4. The van der Waals surface area contributed by atoms with E-state index in [1.807, 2.05) is 7.05 Å². The number of nitrogens with zero attached hydrogens (tertiary/aromatic N) is 4. The molecule has 1 unspecified atom stereocenters. The number of hydrogen-bond donors (Lipinski definition) is 2. The first-order valence-electron chi connectivity index (χ1n) is 13.4. The number of anilines is 2. The van der Waals surface area contributed by atoms with Gasteiger partial charge in [-0.05, 0) is 75.0 Å². The zero-order valence-corrected chi connectivity index (χ0v) is 23.3. The van der Waals surface area contributed by atoms with Crippen LogP contribution >= 0.6 is 0 Å². The van der Waals surface area contributed by atoms with Crippen molar-refractivity contribution in [3.63, 3.8) is 0 Å². The normalized spacial score (nSPS) is 15.3. The molecular weight excluding hydrogens is 568 g/mol. The molecule has 1 aliphatic rings. The standard InChI is InChI=1S/C30H28F4N6O3/c1-35-29-37-11-9-25(39-29)23-6-3-10-36-28(23)43-26-13-18(7-8-24(26)31)27(41)38-20-14-19(30(32,33)34)15-22(16-20)42-17-21-5-4-12-40(21)2/h3,6-11,13-16,21H,4-5,12,17H2,1-2H3,(H,38,41)(H,35,37,39). The van der Waals surface area contributed by atoms with E-state index in [2.05, 4.69) is 30.5 Å². The van der Waals surface area contributed by atoms with Crippen LogP contribution in [0.2, 0.25) is 0 Å². The molecule has 5 rings (SSSR count). The molecule has 1 aliphatic heterocycles. The lowest BCUT2D eigenvalue weighted by molar-refractivity contribution is -0.137. The van der Waals surface area contributed by atoms with Crippen molar-refractivity contribution in [2.75, 3.05) is 37.9 Å². The van der Waals surface area contributed by atoms with Gasteiger partial charge in [-0.1, -0.05) is 0 Å². The molecule has 13 heteroatoms. The Balaban J connectivity index is 1.37. The van der Waals surface area contributed by atoms with Crippen LogP contribution < -0.4 is 20.1 Å². The molecule has 0 saturated carbocycles. The van der Waals surface area contributed by atoms with Gasteiger partial charge in [0.25, 0.3) is 5.91 Å². The lowest BCUT2D eigenvalue weighted by atomic mass is 10.1. The number of benzene rings is 2. The zero-order valence-electron chi connectivity index (χ0n) is 23.3. The predicted octanol–water partition coefficient (Wildman–Crippen LogP) is 6.26. The highest BCUT2D eigenvalue weighted by molar-refractivity contribution is 6.04. The number of nitrogens with one attached hydrogen (secondary N) is 2. The minimum Gasteiger partial charge on any atom is -0.492 e. The summed E-state index contributed by atoms with van der Waals surface area (Å²) in [5.41, 5.74) is -0.259. The minimum atomic E-state index is -4.67. The maximum atomic E-state index is 14.8. The second kappa shape index (κ2) is 12.6. The maximum absolute atomic E-state index is 14.8. The number of carbonyl (C=O) groups is 1. The Hall–Kier alpha value is -4.78. The Kier molecular flexibility index (Phi) is 8.71. The van der Waals surface area contributed by atoms with E-state index < -0.39 is 23.5 Å². The van der Waals surface area contributed by atoms with Gasteiger partial charge < -0.3 is 25.0 Å². The summed E-state index contributed by atoms with van der Waals surface area (Å²) in [6.07, 6.45) is 0.179. The summed E-state index contributed by atoms with van der Waals surface area (Å²) in [4.78, 5) is 27.8. The average molecular weight is 597 g/mol. The van der Waals surface area contributed by atoms with E-state index in [0.29, 0.717) is 17.2 Å². The van der Waals surface area contributed by atoms with Crippen molar-refractivity contribution < 1.29 is 31.8 Å². The summed E-state index contributed by atoms with van der Waals surface area (Å²) in [5, 5.41) is 5.29. The highest BCUT2D eigenvalue weighted by Gasteiger charge is 2.32. The monoisotopic (exact) mass is 596 g/mol. The van der Waals surface area contributed by atoms with Crippen molar-refractivity contribution in [2.45, 2.75) is 25.1 Å². The number of amides is 1. The molecule has 1 amide bonds. The van der Waals surface area contributed by atoms with Crippen molar-refractivity contribution in [1.29, 1.82) is 0 Å². The van der Waals surface area contributed by atoms with Crippen LogP contribution in [-0.4, -0.2) is 59.0 Å². The molecular formula is C30H28F4N6O3. The van der Waals surface area contributed by atoms with Crippen molar-refractivity contribution in [2.24, 2.45) is 0 Å². The van der Waals surface area contributed by atoms with E-state index in [1.54, 1.807) is 25.2 Å². The smallest absolute Gasteiger partial charge is 0.416 e. The fourth-order valence-corrected chi connectivity index (χ4v) is 4.63. The van der Waals surface area contributed by atoms with Crippen molar-refractivity contribution in [3.8, 4) is 28.6 Å². The molecule has 2 N–H and O–H groups in total. The average Bonchev–Trinajstić information content (AvgIpc) is 3.41. The third-order valence-electron chi connectivity index (χ3n) is 6.93. The number of likely N-dealkylation sites (N-methyl/N-ethyl adjacent to an activating group) is 1. The number of likely N-dealkylation sites (tertiary alicyclic amines) is 1. The molecule has 4 aromatic rings. The van der Waals surface area contributed by atoms with Gasteiger partial charge in [0.1, 0.15) is 12.4 Å². The summed E-state index contributed by atoms with van der Waals surface area (Å²) >= 11 is 0. The predicted molar refractivity (Wildman–Crippen MR) is 152 cm³/mol. The number of carbonyl (C=O) groups excluding carboxylic acids is 1. The Morgan fingerprint density at radius 2 is 1.93 bits per heavy atom. The molecule has 0 radical (unpaired) electrons. The van der Waals surface area contributed by atoms with Crippen LogP contribution in [0.4, 0.5) is 29.2 Å². The Bertz CT molecular complexity index is 1620. The number of alkyl halides is 3. The quantitative estimate of drug-likeness (QED) is 0.219. The molecule has 1 fully saturated rings. The molecule has 1 atom stereocenters. The number of aromatic nitrogens is 3. The number of rotatable bonds is 9. The van der Waals surface area contributed by atoms with E-state index in [0.717, 1.165) is 43.7 Å². The molecule has 1 saturated heterocycles. The third-order valence-corrected chi connectivity index (χ3v) is 6.93. The van der Waals surface area contributed by atoms with E-state index in [-0.39, 0.29) is 41.3 Å². The molecule has 0 bridgehead atoms. The first-order chi connectivity index (χ1) is 20.6. The summed E-state index contributed by atoms with van der Waals surface area (Å²) in [6, 6.07) is 11.4. The van der Waals surface area contributed by atoms with Gasteiger partial charge in [0, 0.05) is 42.8 Å². The summed E-state index contributed by atoms with van der Waals surface area (Å²) < 4.78 is 67.3. The van der Waals surface area contributed by atoms with Crippen molar-refractivity contribution >= 4 is 17.5 Å². The maximum Gasteiger partial charge on any atom is 0.416 e. The van der Waals surface area contributed by atoms with Crippen molar-refractivity contribution in [3.05, 3.63) is 83.9 Å². The van der Waals surface area contributed by atoms with E-state index in [1.165, 1.54) is 24.5 Å². The molecule has 0 aliphatic carbocycles. The molecule has 2 aromatic heterocycles. The molecule has 3 heterocycles. The minimum absolute atomic E-state index is 0.0206. The number of pyridine rings is 1. The second-order valence-electron chi connectivity index (χ2n) is 9.90. The Morgan fingerprint density at radius 1 is 1.09 bits per heavy atom. The summed E-state index contributed by atoms with van der Waals surface area (Å²) in [7, 11) is 3.60. The SMILES string of the molecule is CNc1nccc(-c2cccnc2Oc2cc(C(=O)Nc3cc(OCC4CCCN4C)cc(C(F)(F)F)c3)ccc2F)n1. The number of hydrogen-bond acceptors (Lipinski definition) is 8. The van der Waals surface area contributed by atoms with Crippen LogP contribution in [-0.2, 0) is 6.18 Å². The third kappa shape index (κ3) is 7.17. The molecule has 2 aromatic carbocycles. The van der Waals surface area contributed by atoms with Crippen LogP contribution in [0, 0.1) is 5.82 Å². The summed E-state index contributed by atoms with van der Waals surface area (Å²) in [6.45, 7) is 1.10. The van der Waals surface area contributed by atoms with Gasteiger partial charge in [0.05, 0.1) is 16.8 Å². The lowest BCUT2D eigenvalue weighted by Crippen LogP contribution is -2.30. The summed E-state index contributed by atoms with van der Waals surface area (Å²) in [5.74, 6) is -1.52. The molecule has 224 valence electrons. The van der Waals surface area contributed by atoms with Crippen LogP contribution in [0.15, 0.2) is 67.0 Å². The van der Waals surface area contributed by atoms with Gasteiger partial charge in [-0.2, -0.15) is 13.2 Å². The Labute approximate surface area is 244 Å². The number of ether oxygens (including phenoxy) is 2. The van der Waals surface area contributed by atoms with Crippen molar-refractivity contribution in [1.82, 2.24) is 19.9 Å². The largest absolute Gasteiger partial charge is 0.492 e. The molecule has 9 nitrogen and oxygen atoms in total. The van der Waals surface area contributed by atoms with Gasteiger partial charge in [-0.3, -0.25) is 4.79 Å². The van der Waals surface area contributed by atoms with Crippen LogP contribution in [0.25, 0.3) is 11.3 Å². The van der Waals surface area contributed by atoms with Gasteiger partial charge in [-0.25, -0.2) is 19.3 Å². The van der Waals surface area contributed by atoms with E-state index in [4.69, 9.17) is 9.47 Å².